The Morgan fingerprint density at radius 3 is 2.40 bits per heavy atom. The molecule has 8 heterocycles. The SMILES string of the molecule is CCc1c(F)ccc2cc(O)cc(-c3ncc4c(N5CCC[C@H](C)C5)nc(OCC5(CN6CCC(C)(CN7CC8(CCN(c9ccc%10c(c9)CN([C@H]9CCC(=O)NC9=O)C%10=O)CC8)C7)CC6)CC5)nc4c3F)c12. The van der Waals surface area contributed by atoms with Crippen molar-refractivity contribution in [3.8, 4) is 23.0 Å². The number of amides is 3. The number of piperidine rings is 4. The number of phenolic OH excluding ortho intramolecular Hbond substituents is 1. The molecule has 73 heavy (non-hydrogen) atoms. The first kappa shape index (κ1) is 48.0. The number of anilines is 2. The Morgan fingerprint density at radius 1 is 0.863 bits per heavy atom. The van der Waals surface area contributed by atoms with Crippen molar-refractivity contribution in [2.75, 3.05) is 81.9 Å². The molecule has 3 amide bonds. The van der Waals surface area contributed by atoms with Crippen LogP contribution in [0.4, 0.5) is 20.3 Å². The molecule has 3 aromatic carbocycles. The molecule has 6 fully saturated rings. The third-order valence-corrected chi connectivity index (χ3v) is 17.9. The molecule has 2 N–H and O–H groups in total. The summed E-state index contributed by atoms with van der Waals surface area (Å²) >= 11 is 0. The van der Waals surface area contributed by atoms with Crippen LogP contribution in [0.5, 0.6) is 11.8 Å². The number of ether oxygens (including phenoxy) is 1. The van der Waals surface area contributed by atoms with E-state index in [1.807, 2.05) is 13.0 Å². The van der Waals surface area contributed by atoms with Gasteiger partial charge in [-0.25, -0.2) is 8.78 Å². The number of fused-ring (bicyclic) bond motifs is 3. The van der Waals surface area contributed by atoms with Crippen LogP contribution in [0.1, 0.15) is 106 Å². The van der Waals surface area contributed by atoms with Crippen molar-refractivity contribution in [1.82, 2.24) is 35.0 Å². The fraction of sp³-hybridized carbons (Fsp3) is 0.544. The van der Waals surface area contributed by atoms with Gasteiger partial charge in [0, 0.05) is 93.7 Å². The van der Waals surface area contributed by atoms with Crippen LogP contribution in [0.2, 0.25) is 0 Å². The predicted molar refractivity (Wildman–Crippen MR) is 276 cm³/mol. The summed E-state index contributed by atoms with van der Waals surface area (Å²) in [6.07, 6.45) is 11.4. The van der Waals surface area contributed by atoms with Gasteiger partial charge in [0.1, 0.15) is 34.6 Å². The number of aromatic hydroxyl groups is 1. The number of likely N-dealkylation sites (tertiary alicyclic amines) is 2. The second-order valence-corrected chi connectivity index (χ2v) is 23.4. The van der Waals surface area contributed by atoms with E-state index in [4.69, 9.17) is 14.7 Å². The van der Waals surface area contributed by atoms with E-state index >= 15 is 8.78 Å². The monoisotopic (exact) mass is 996 g/mol. The van der Waals surface area contributed by atoms with E-state index in [9.17, 15) is 19.5 Å². The molecule has 5 aromatic rings. The molecular weight excluding hydrogens is 929 g/mol. The third kappa shape index (κ3) is 9.03. The highest BCUT2D eigenvalue weighted by Crippen LogP contribution is 2.49. The molecule has 7 aliphatic rings. The van der Waals surface area contributed by atoms with Crippen molar-refractivity contribution in [2.45, 2.75) is 104 Å². The van der Waals surface area contributed by atoms with Crippen LogP contribution in [-0.4, -0.2) is 131 Å². The smallest absolute Gasteiger partial charge is 0.319 e. The van der Waals surface area contributed by atoms with E-state index in [2.05, 4.69) is 55.9 Å². The quantitative estimate of drug-likeness (QED) is 0.116. The maximum Gasteiger partial charge on any atom is 0.319 e. The number of hydrogen-bond acceptors (Lipinski definition) is 12. The Morgan fingerprint density at radius 2 is 1.66 bits per heavy atom. The summed E-state index contributed by atoms with van der Waals surface area (Å²) in [5.41, 5.74) is 4.20. The van der Waals surface area contributed by atoms with Crippen molar-refractivity contribution in [3.05, 3.63) is 77.0 Å². The van der Waals surface area contributed by atoms with Gasteiger partial charge in [-0.1, -0.05) is 26.8 Å². The fourth-order valence-corrected chi connectivity index (χ4v) is 13.4. The third-order valence-electron chi connectivity index (χ3n) is 17.9. The Bertz CT molecular complexity index is 3030. The summed E-state index contributed by atoms with van der Waals surface area (Å²) in [5.74, 6) is -0.830. The Labute approximate surface area is 425 Å². The van der Waals surface area contributed by atoms with Gasteiger partial charge in [0.2, 0.25) is 11.8 Å². The average Bonchev–Trinajstić information content (AvgIpc) is 4.06. The number of imide groups is 1. The highest BCUT2D eigenvalue weighted by Gasteiger charge is 2.49. The minimum absolute atomic E-state index is 0.00140. The normalized spacial score (nSPS) is 23.8. The molecule has 14 nitrogen and oxygen atoms in total. The van der Waals surface area contributed by atoms with Crippen LogP contribution in [0, 0.1) is 33.8 Å². The summed E-state index contributed by atoms with van der Waals surface area (Å²) in [6, 6.07) is 11.7. The molecule has 1 saturated carbocycles. The molecule has 0 unspecified atom stereocenters. The largest absolute Gasteiger partial charge is 0.508 e. The van der Waals surface area contributed by atoms with E-state index in [0.29, 0.717) is 76.0 Å². The van der Waals surface area contributed by atoms with E-state index in [-0.39, 0.29) is 63.8 Å². The number of nitrogens with zero attached hydrogens (tertiary/aromatic N) is 8. The van der Waals surface area contributed by atoms with Gasteiger partial charge in [0.15, 0.2) is 5.82 Å². The van der Waals surface area contributed by atoms with Gasteiger partial charge < -0.3 is 34.3 Å². The number of aryl methyl sites for hydroxylation is 1. The van der Waals surface area contributed by atoms with Gasteiger partial charge in [-0.3, -0.25) is 24.7 Å². The molecule has 16 heteroatoms. The van der Waals surface area contributed by atoms with Crippen LogP contribution in [0.15, 0.2) is 48.7 Å². The molecule has 2 aromatic heterocycles. The first-order valence-corrected chi connectivity index (χ1v) is 26.8. The van der Waals surface area contributed by atoms with Gasteiger partial charge in [-0.15, -0.1) is 0 Å². The number of nitrogens with one attached hydrogen (secondary N) is 1. The topological polar surface area (TPSA) is 148 Å². The molecule has 384 valence electrons. The maximum absolute atomic E-state index is 17.2. The number of hydrogen-bond donors (Lipinski definition) is 2. The van der Waals surface area contributed by atoms with Gasteiger partial charge in [-0.05, 0) is 152 Å². The lowest BCUT2D eigenvalue weighted by atomic mass is 9.70. The summed E-state index contributed by atoms with van der Waals surface area (Å²) in [5, 5.41) is 14.8. The molecule has 6 aliphatic heterocycles. The standard InChI is InChI=1S/C57H67F2N9O5/c1-4-40-44(58)10-7-36-25-39(69)26-42(47(36)40)49-48(59)50-43(27-60-49)51(67-19-5-6-35(2)28-67)63-54(62-50)73-34-57(13-14-57)33-64-20-15-55(3,16-21-64)30-65-31-56(32-65)17-22-66(23-18-56)38-8-9-41-37(24-38)29-68(53(41)72)45-11-12-46(70)61-52(45)71/h7-10,24-27,35,45,69H,4-6,11-23,28-34H2,1-3H3,(H,61,70,71)/t35-,45-/m0/s1. The summed E-state index contributed by atoms with van der Waals surface area (Å²) < 4.78 is 38.9. The summed E-state index contributed by atoms with van der Waals surface area (Å²) in [7, 11) is 0. The van der Waals surface area contributed by atoms with Gasteiger partial charge in [-0.2, -0.15) is 9.97 Å². The van der Waals surface area contributed by atoms with Crippen molar-refractivity contribution < 1.29 is 33.0 Å². The van der Waals surface area contributed by atoms with Gasteiger partial charge in [0.05, 0.1) is 12.0 Å². The number of rotatable bonds is 12. The number of benzene rings is 3. The fourth-order valence-electron chi connectivity index (χ4n) is 13.4. The van der Waals surface area contributed by atoms with E-state index < -0.39 is 11.9 Å². The molecule has 1 aliphatic carbocycles. The van der Waals surface area contributed by atoms with Gasteiger partial charge in [0.25, 0.3) is 5.91 Å². The molecular formula is C57H67F2N9O5. The number of pyridine rings is 1. The predicted octanol–water partition coefficient (Wildman–Crippen LogP) is 8.25. The number of carbonyl (C=O) groups excluding carboxylic acids is 3. The Balaban J connectivity index is 0.662. The molecule has 5 saturated heterocycles. The molecule has 2 atom stereocenters. The van der Waals surface area contributed by atoms with Crippen molar-refractivity contribution in [1.29, 1.82) is 0 Å². The number of halogens is 2. The molecule has 1 spiro atoms. The van der Waals surface area contributed by atoms with Crippen molar-refractivity contribution in [3.63, 3.8) is 0 Å². The van der Waals surface area contributed by atoms with E-state index in [0.717, 1.165) is 128 Å². The lowest BCUT2D eigenvalue weighted by molar-refractivity contribution is -0.136. The van der Waals surface area contributed by atoms with Crippen LogP contribution < -0.4 is 19.9 Å². The highest BCUT2D eigenvalue weighted by molar-refractivity contribution is 6.06. The minimum Gasteiger partial charge on any atom is -0.508 e. The zero-order valence-corrected chi connectivity index (χ0v) is 42.5. The van der Waals surface area contributed by atoms with E-state index in [1.165, 1.54) is 12.1 Å². The molecule has 0 bridgehead atoms. The number of phenols is 1. The highest BCUT2D eigenvalue weighted by atomic mass is 19.1. The zero-order valence-electron chi connectivity index (χ0n) is 42.5. The zero-order chi connectivity index (χ0) is 50.4. The van der Waals surface area contributed by atoms with Crippen LogP contribution in [-0.2, 0) is 22.6 Å². The lowest BCUT2D eigenvalue weighted by Gasteiger charge is -2.57. The second-order valence-electron chi connectivity index (χ2n) is 23.4. The first-order valence-electron chi connectivity index (χ1n) is 26.8. The summed E-state index contributed by atoms with van der Waals surface area (Å²) in [6.45, 7) is 17.4. The van der Waals surface area contributed by atoms with Crippen molar-refractivity contribution >= 4 is 50.9 Å². The molecule has 0 radical (unpaired) electrons. The minimum atomic E-state index is -0.652. The first-order chi connectivity index (χ1) is 35.2. The average molecular weight is 996 g/mol. The van der Waals surface area contributed by atoms with Crippen LogP contribution in [0.25, 0.3) is 32.9 Å². The number of carbonyl (C=O) groups is 3. The Kier molecular flexibility index (Phi) is 12.1. The second kappa shape index (κ2) is 18.4. The van der Waals surface area contributed by atoms with Gasteiger partial charge >= 0.3 is 6.01 Å². The van der Waals surface area contributed by atoms with E-state index in [1.54, 1.807) is 23.2 Å². The Hall–Kier alpha value is -6.00. The number of aromatic nitrogens is 3. The maximum atomic E-state index is 17.2. The lowest BCUT2D eigenvalue weighted by Crippen LogP contribution is -2.62. The van der Waals surface area contributed by atoms with Crippen LogP contribution in [0.3, 0.4) is 0 Å². The summed E-state index contributed by atoms with van der Waals surface area (Å²) in [4.78, 5) is 63.5. The van der Waals surface area contributed by atoms with Crippen molar-refractivity contribution in [2.24, 2.45) is 22.2 Å². The van der Waals surface area contributed by atoms with Crippen LogP contribution >= 0.6 is 0 Å². The molecule has 12 rings (SSSR count).